The maximum Gasteiger partial charge on any atom is 0.161 e. The second-order valence-corrected chi connectivity index (χ2v) is 7.56. The van der Waals surface area contributed by atoms with E-state index in [9.17, 15) is 4.39 Å². The van der Waals surface area contributed by atoms with Crippen LogP contribution in [0, 0.1) is 12.7 Å². The molecular weight excluding hydrogens is 405 g/mol. The average molecular weight is 421 g/mol. The number of fused-ring (bicyclic) bond motifs is 2. The third-order valence-corrected chi connectivity index (χ3v) is 5.32. The highest BCUT2D eigenvalue weighted by molar-refractivity contribution is 5.96. The molecule has 0 fully saturated rings. The van der Waals surface area contributed by atoms with Crippen LogP contribution in [0.15, 0.2) is 67.1 Å². The molecule has 0 spiro atoms. The molecule has 0 atom stereocenters. The van der Waals surface area contributed by atoms with Gasteiger partial charge in [0.05, 0.1) is 28.4 Å². The van der Waals surface area contributed by atoms with Gasteiger partial charge < -0.3 is 4.98 Å². The van der Waals surface area contributed by atoms with Crippen LogP contribution < -0.4 is 0 Å². The van der Waals surface area contributed by atoms with Gasteiger partial charge in [0.25, 0.3) is 0 Å². The second-order valence-electron chi connectivity index (χ2n) is 7.56. The minimum atomic E-state index is -0.271. The van der Waals surface area contributed by atoms with Gasteiger partial charge in [-0.15, -0.1) is 0 Å². The normalized spacial score (nSPS) is 11.4. The van der Waals surface area contributed by atoms with E-state index in [0.29, 0.717) is 28.4 Å². The standard InChI is InChI=1S/C24H16FN7/c1-13-9-14(11-15(25)10-13)16-3-2-4-18-21(16)30-24(29-18)23-22-19(31-32-23)6-5-17(28-22)20-12-26-7-8-27-20/h2-12H,1H3,(H,29,30)(H,31,32). The molecule has 0 aliphatic carbocycles. The van der Waals surface area contributed by atoms with Crippen molar-refractivity contribution < 1.29 is 4.39 Å². The molecule has 7 nitrogen and oxygen atoms in total. The number of hydrogen-bond donors (Lipinski definition) is 2. The van der Waals surface area contributed by atoms with Gasteiger partial charge in [0, 0.05) is 18.0 Å². The summed E-state index contributed by atoms with van der Waals surface area (Å²) >= 11 is 0. The number of halogens is 1. The van der Waals surface area contributed by atoms with Gasteiger partial charge in [-0.25, -0.2) is 14.4 Å². The van der Waals surface area contributed by atoms with E-state index in [1.165, 1.54) is 12.1 Å². The van der Waals surface area contributed by atoms with Crippen LogP contribution in [0.5, 0.6) is 0 Å². The van der Waals surface area contributed by atoms with Gasteiger partial charge in [0.2, 0.25) is 0 Å². The summed E-state index contributed by atoms with van der Waals surface area (Å²) in [6, 6.07) is 14.6. The van der Waals surface area contributed by atoms with E-state index in [-0.39, 0.29) is 5.82 Å². The lowest BCUT2D eigenvalue weighted by molar-refractivity contribution is 0.627. The fourth-order valence-corrected chi connectivity index (χ4v) is 3.91. The molecule has 154 valence electrons. The van der Waals surface area contributed by atoms with Gasteiger partial charge in [-0.05, 0) is 48.4 Å². The predicted octanol–water partition coefficient (Wildman–Crippen LogP) is 5.07. The molecule has 0 amide bonds. The molecule has 0 aliphatic rings. The number of nitrogens with zero attached hydrogens (tertiary/aromatic N) is 5. The number of imidazole rings is 1. The molecule has 0 saturated carbocycles. The molecule has 0 saturated heterocycles. The van der Waals surface area contributed by atoms with Crippen LogP contribution in [-0.4, -0.2) is 35.1 Å². The summed E-state index contributed by atoms with van der Waals surface area (Å²) in [6.07, 6.45) is 4.92. The molecule has 0 aliphatic heterocycles. The highest BCUT2D eigenvalue weighted by atomic mass is 19.1. The monoisotopic (exact) mass is 421 g/mol. The van der Waals surface area contributed by atoms with Crippen LogP contribution in [0.25, 0.3) is 56.1 Å². The van der Waals surface area contributed by atoms with E-state index < -0.39 is 0 Å². The van der Waals surface area contributed by atoms with Crippen LogP contribution in [0.3, 0.4) is 0 Å². The number of H-pyrrole nitrogens is 2. The van der Waals surface area contributed by atoms with Crippen LogP contribution in [0.1, 0.15) is 5.56 Å². The molecule has 2 N–H and O–H groups in total. The van der Waals surface area contributed by atoms with E-state index in [0.717, 1.165) is 33.2 Å². The summed E-state index contributed by atoms with van der Waals surface area (Å²) < 4.78 is 14.0. The van der Waals surface area contributed by atoms with Crippen molar-refractivity contribution in [1.82, 2.24) is 35.1 Å². The Labute approximate surface area is 181 Å². The smallest absolute Gasteiger partial charge is 0.161 e. The van der Waals surface area contributed by atoms with Crippen molar-refractivity contribution in [3.63, 3.8) is 0 Å². The maximum atomic E-state index is 14.0. The Hall–Kier alpha value is -4.46. The highest BCUT2D eigenvalue weighted by Crippen LogP contribution is 2.32. The minimum Gasteiger partial charge on any atom is -0.336 e. The molecule has 0 unspecified atom stereocenters. The number of rotatable bonds is 3. The highest BCUT2D eigenvalue weighted by Gasteiger charge is 2.17. The Morgan fingerprint density at radius 3 is 2.66 bits per heavy atom. The third kappa shape index (κ3) is 3.01. The molecule has 4 aromatic heterocycles. The van der Waals surface area contributed by atoms with Gasteiger partial charge in [0.1, 0.15) is 17.0 Å². The quantitative estimate of drug-likeness (QED) is 0.416. The Kier molecular flexibility index (Phi) is 4.04. The van der Waals surface area contributed by atoms with Gasteiger partial charge in [-0.1, -0.05) is 18.2 Å². The van der Waals surface area contributed by atoms with Crippen molar-refractivity contribution in [2.24, 2.45) is 0 Å². The number of hydrogen-bond acceptors (Lipinski definition) is 5. The second kappa shape index (κ2) is 7.05. The number of aryl methyl sites for hydroxylation is 1. The average Bonchev–Trinajstić information content (AvgIpc) is 3.42. The van der Waals surface area contributed by atoms with Crippen molar-refractivity contribution in [3.05, 3.63) is 78.5 Å². The van der Waals surface area contributed by atoms with Gasteiger partial charge >= 0.3 is 0 Å². The molecule has 6 aromatic rings. The van der Waals surface area contributed by atoms with E-state index in [2.05, 4.69) is 25.1 Å². The molecule has 4 heterocycles. The zero-order valence-electron chi connectivity index (χ0n) is 17.0. The first-order valence-electron chi connectivity index (χ1n) is 10.0. The van der Waals surface area contributed by atoms with Crippen LogP contribution >= 0.6 is 0 Å². The molecule has 6 rings (SSSR count). The van der Waals surface area contributed by atoms with Gasteiger partial charge in [-0.3, -0.25) is 15.1 Å². The first kappa shape index (κ1) is 18.3. The largest absolute Gasteiger partial charge is 0.336 e. The van der Waals surface area contributed by atoms with E-state index in [1.807, 2.05) is 43.3 Å². The predicted molar refractivity (Wildman–Crippen MR) is 120 cm³/mol. The summed E-state index contributed by atoms with van der Waals surface area (Å²) in [5.41, 5.74) is 7.49. The number of nitrogens with one attached hydrogen (secondary N) is 2. The summed E-state index contributed by atoms with van der Waals surface area (Å²) in [4.78, 5) is 21.3. The van der Waals surface area contributed by atoms with Crippen molar-refractivity contribution in [3.8, 4) is 34.0 Å². The number of para-hydroxylation sites is 1. The SMILES string of the molecule is Cc1cc(F)cc(-c2cccc3[nH]c(-c4n[nH]c5ccc(-c6cnccn6)nc45)nc23)c1. The zero-order chi connectivity index (χ0) is 21.7. The summed E-state index contributed by atoms with van der Waals surface area (Å²) in [5.74, 6) is 0.308. The van der Waals surface area contributed by atoms with Crippen LogP contribution in [0.2, 0.25) is 0 Å². The zero-order valence-corrected chi connectivity index (χ0v) is 17.0. The Bertz CT molecular complexity index is 1580. The van der Waals surface area contributed by atoms with Crippen molar-refractivity contribution in [2.75, 3.05) is 0 Å². The first-order chi connectivity index (χ1) is 15.7. The Balaban J connectivity index is 1.52. The summed E-state index contributed by atoms with van der Waals surface area (Å²) in [7, 11) is 0. The van der Waals surface area contributed by atoms with Crippen molar-refractivity contribution in [1.29, 1.82) is 0 Å². The number of benzene rings is 2. The lowest BCUT2D eigenvalue weighted by Crippen LogP contribution is -1.89. The number of aromatic nitrogens is 7. The van der Waals surface area contributed by atoms with Gasteiger partial charge in [0.15, 0.2) is 11.5 Å². The van der Waals surface area contributed by atoms with Gasteiger partial charge in [-0.2, -0.15) is 5.10 Å². The van der Waals surface area contributed by atoms with Crippen LogP contribution in [-0.2, 0) is 0 Å². The lowest BCUT2D eigenvalue weighted by atomic mass is 10.0. The summed E-state index contributed by atoms with van der Waals surface area (Å²) in [5, 5.41) is 7.46. The summed E-state index contributed by atoms with van der Waals surface area (Å²) in [6.45, 7) is 1.87. The van der Waals surface area contributed by atoms with E-state index >= 15 is 0 Å². The maximum absolute atomic E-state index is 14.0. The van der Waals surface area contributed by atoms with Crippen molar-refractivity contribution >= 4 is 22.1 Å². The number of pyridine rings is 1. The fraction of sp³-hybridized carbons (Fsp3) is 0.0417. The van der Waals surface area contributed by atoms with E-state index in [1.54, 1.807) is 18.6 Å². The van der Waals surface area contributed by atoms with Crippen molar-refractivity contribution in [2.45, 2.75) is 6.92 Å². The lowest BCUT2D eigenvalue weighted by Gasteiger charge is -2.04. The molecule has 2 aromatic carbocycles. The fourth-order valence-electron chi connectivity index (χ4n) is 3.91. The van der Waals surface area contributed by atoms with E-state index in [4.69, 9.17) is 9.97 Å². The first-order valence-corrected chi connectivity index (χ1v) is 10.0. The topological polar surface area (TPSA) is 96.0 Å². The Morgan fingerprint density at radius 2 is 1.81 bits per heavy atom. The molecule has 32 heavy (non-hydrogen) atoms. The molecule has 8 heteroatoms. The number of aromatic amines is 2. The van der Waals surface area contributed by atoms with Crippen LogP contribution in [0.4, 0.5) is 4.39 Å². The molecular formula is C24H16FN7. The molecule has 0 radical (unpaired) electrons. The minimum absolute atomic E-state index is 0.271. The molecule has 0 bridgehead atoms. The third-order valence-electron chi connectivity index (χ3n) is 5.32. The Morgan fingerprint density at radius 1 is 0.875 bits per heavy atom.